The molecule has 0 amide bonds. The molecule has 1 aliphatic carbocycles. The quantitative estimate of drug-likeness (QED) is 0.729. The first kappa shape index (κ1) is 13.7. The maximum absolute atomic E-state index is 4.61. The highest BCUT2D eigenvalue weighted by Crippen LogP contribution is 2.38. The van der Waals surface area contributed by atoms with Crippen molar-refractivity contribution in [3.63, 3.8) is 0 Å². The van der Waals surface area contributed by atoms with Gasteiger partial charge in [0.05, 0.1) is 11.7 Å². The molecule has 1 saturated heterocycles. The van der Waals surface area contributed by atoms with Crippen LogP contribution in [0.25, 0.3) is 5.65 Å². The molecule has 7 nitrogen and oxygen atoms in total. The van der Waals surface area contributed by atoms with E-state index >= 15 is 0 Å². The molecule has 0 atom stereocenters. The maximum Gasteiger partial charge on any atom is 0.153 e. The Morgan fingerprint density at radius 1 is 1.08 bits per heavy atom. The van der Waals surface area contributed by atoms with Crippen molar-refractivity contribution in [3.8, 4) is 0 Å². The van der Waals surface area contributed by atoms with Crippen LogP contribution in [-0.4, -0.2) is 51.0 Å². The Bertz CT molecular complexity index is 862. The van der Waals surface area contributed by atoms with E-state index in [9.17, 15) is 0 Å². The molecule has 4 heterocycles. The fourth-order valence-corrected chi connectivity index (χ4v) is 3.17. The fraction of sp³-hybridized carbons (Fsp3) is 0.412. The van der Waals surface area contributed by atoms with Crippen LogP contribution in [0.5, 0.6) is 0 Å². The van der Waals surface area contributed by atoms with Gasteiger partial charge in [-0.15, -0.1) is 10.2 Å². The summed E-state index contributed by atoms with van der Waals surface area (Å²) in [7, 11) is 2.09. The van der Waals surface area contributed by atoms with Gasteiger partial charge in [0.1, 0.15) is 5.82 Å². The predicted molar refractivity (Wildman–Crippen MR) is 91.4 cm³/mol. The van der Waals surface area contributed by atoms with Crippen LogP contribution >= 0.6 is 0 Å². The lowest BCUT2D eigenvalue weighted by Crippen LogP contribution is -2.59. The average molecular weight is 321 g/mol. The van der Waals surface area contributed by atoms with Crippen LogP contribution in [0.1, 0.15) is 24.5 Å². The molecule has 0 aromatic carbocycles. The van der Waals surface area contributed by atoms with Gasteiger partial charge in [-0.05, 0) is 37.1 Å². The number of nitrogens with zero attached hydrogens (tertiary/aromatic N) is 7. The molecule has 7 heteroatoms. The summed E-state index contributed by atoms with van der Waals surface area (Å²) in [4.78, 5) is 8.72. The highest BCUT2D eigenvalue weighted by Gasteiger charge is 2.32. The summed E-state index contributed by atoms with van der Waals surface area (Å²) in [6.45, 7) is 1.88. The minimum absolute atomic E-state index is 0.434. The Morgan fingerprint density at radius 3 is 2.71 bits per heavy atom. The number of aromatic nitrogens is 5. The number of imidazole rings is 1. The van der Waals surface area contributed by atoms with Crippen molar-refractivity contribution >= 4 is 17.3 Å². The molecule has 0 unspecified atom stereocenters. The van der Waals surface area contributed by atoms with Gasteiger partial charge in [-0.3, -0.25) is 0 Å². The normalized spacial score (nSPS) is 18.0. The molecular weight excluding hydrogens is 302 g/mol. The monoisotopic (exact) mass is 321 g/mol. The zero-order chi connectivity index (χ0) is 16.1. The predicted octanol–water partition coefficient (Wildman–Crippen LogP) is 1.72. The van der Waals surface area contributed by atoms with Crippen molar-refractivity contribution < 1.29 is 0 Å². The first-order valence-corrected chi connectivity index (χ1v) is 8.40. The summed E-state index contributed by atoms with van der Waals surface area (Å²) in [5.74, 6) is 2.59. The van der Waals surface area contributed by atoms with Crippen molar-refractivity contribution in [3.05, 3.63) is 42.4 Å². The first-order chi connectivity index (χ1) is 11.8. The number of hydrogen-bond donors (Lipinski definition) is 0. The highest BCUT2D eigenvalue weighted by molar-refractivity contribution is 5.50. The van der Waals surface area contributed by atoms with Gasteiger partial charge in [-0.25, -0.2) is 9.50 Å². The Labute approximate surface area is 139 Å². The number of anilines is 2. The van der Waals surface area contributed by atoms with Gasteiger partial charge >= 0.3 is 0 Å². The molecule has 3 aromatic rings. The molecule has 5 rings (SSSR count). The zero-order valence-corrected chi connectivity index (χ0v) is 13.6. The van der Waals surface area contributed by atoms with Gasteiger partial charge < -0.3 is 9.80 Å². The Hall–Kier alpha value is -2.70. The van der Waals surface area contributed by atoms with Crippen LogP contribution in [0.4, 0.5) is 11.6 Å². The fourth-order valence-electron chi connectivity index (χ4n) is 3.17. The van der Waals surface area contributed by atoms with Gasteiger partial charge in [0, 0.05) is 38.4 Å². The summed E-state index contributed by atoms with van der Waals surface area (Å²) in [5.41, 5.74) is 2.01. The molecule has 122 valence electrons. The third-order valence-electron chi connectivity index (χ3n) is 5.00. The summed E-state index contributed by atoms with van der Waals surface area (Å²) in [6, 6.07) is 8.69. The summed E-state index contributed by atoms with van der Waals surface area (Å²) in [6.07, 6.45) is 6.16. The molecule has 0 radical (unpaired) electrons. The van der Waals surface area contributed by atoms with Crippen molar-refractivity contribution in [1.29, 1.82) is 0 Å². The minimum atomic E-state index is 0.434. The molecule has 1 aliphatic heterocycles. The molecule has 1 saturated carbocycles. The lowest BCUT2D eigenvalue weighted by Gasteiger charge is -2.44. The Balaban J connectivity index is 1.26. The van der Waals surface area contributed by atoms with Gasteiger partial charge in [0.25, 0.3) is 0 Å². The number of likely N-dealkylation sites (N-methyl/N-ethyl adjacent to an activating group) is 1. The summed E-state index contributed by atoms with van der Waals surface area (Å²) in [5, 5.41) is 13.4. The van der Waals surface area contributed by atoms with E-state index in [0.29, 0.717) is 12.0 Å². The van der Waals surface area contributed by atoms with E-state index in [-0.39, 0.29) is 0 Å². The van der Waals surface area contributed by atoms with Crippen molar-refractivity contribution in [2.75, 3.05) is 29.9 Å². The van der Waals surface area contributed by atoms with Crippen LogP contribution in [0.2, 0.25) is 0 Å². The Kier molecular flexibility index (Phi) is 2.95. The molecular formula is C17H19N7. The standard InChI is InChI=1S/C17H19N7/c1-22(17-7-6-15-18-8-9-24(15)21-17)13-10-23(11-13)16-5-4-14(19-20-16)12-2-3-12/h4-9,12-13H,2-3,10-11H2,1H3. The van der Waals surface area contributed by atoms with Gasteiger partial charge in [-0.1, -0.05) is 0 Å². The maximum atomic E-state index is 4.61. The average Bonchev–Trinajstić information content (AvgIpc) is 3.31. The summed E-state index contributed by atoms with van der Waals surface area (Å²) < 4.78 is 1.81. The van der Waals surface area contributed by atoms with E-state index in [1.54, 1.807) is 6.20 Å². The molecule has 0 bridgehead atoms. The van der Waals surface area contributed by atoms with Crippen LogP contribution in [0.3, 0.4) is 0 Å². The Morgan fingerprint density at radius 2 is 1.96 bits per heavy atom. The van der Waals surface area contributed by atoms with E-state index in [1.807, 2.05) is 22.8 Å². The second kappa shape index (κ2) is 5.15. The topological polar surface area (TPSA) is 62.5 Å². The highest BCUT2D eigenvalue weighted by atomic mass is 15.4. The molecule has 2 fully saturated rings. The van der Waals surface area contributed by atoms with Crippen LogP contribution in [0, 0.1) is 0 Å². The van der Waals surface area contributed by atoms with Crippen LogP contribution < -0.4 is 9.80 Å². The second-order valence-corrected chi connectivity index (χ2v) is 6.68. The van der Waals surface area contributed by atoms with E-state index in [0.717, 1.165) is 36.1 Å². The molecule has 3 aromatic heterocycles. The lowest BCUT2D eigenvalue weighted by molar-refractivity contribution is 0.486. The minimum Gasteiger partial charge on any atom is -0.352 e. The van der Waals surface area contributed by atoms with E-state index < -0.39 is 0 Å². The van der Waals surface area contributed by atoms with Gasteiger partial charge in [-0.2, -0.15) is 5.10 Å². The van der Waals surface area contributed by atoms with Crippen LogP contribution in [0.15, 0.2) is 36.7 Å². The molecule has 24 heavy (non-hydrogen) atoms. The summed E-state index contributed by atoms with van der Waals surface area (Å²) >= 11 is 0. The third kappa shape index (κ3) is 2.28. The van der Waals surface area contributed by atoms with Gasteiger partial charge in [0.2, 0.25) is 0 Å². The zero-order valence-electron chi connectivity index (χ0n) is 13.6. The third-order valence-corrected chi connectivity index (χ3v) is 5.00. The van der Waals surface area contributed by atoms with E-state index in [4.69, 9.17) is 0 Å². The molecule has 0 N–H and O–H groups in total. The first-order valence-electron chi connectivity index (χ1n) is 8.40. The number of hydrogen-bond acceptors (Lipinski definition) is 6. The second-order valence-electron chi connectivity index (χ2n) is 6.68. The van der Waals surface area contributed by atoms with Crippen LogP contribution in [-0.2, 0) is 0 Å². The largest absolute Gasteiger partial charge is 0.352 e. The van der Waals surface area contributed by atoms with Crippen molar-refractivity contribution in [2.45, 2.75) is 24.8 Å². The lowest BCUT2D eigenvalue weighted by atomic mass is 10.1. The van der Waals surface area contributed by atoms with E-state index in [1.165, 1.54) is 12.8 Å². The molecule has 0 spiro atoms. The van der Waals surface area contributed by atoms with E-state index in [2.05, 4.69) is 49.3 Å². The smallest absolute Gasteiger partial charge is 0.153 e. The van der Waals surface area contributed by atoms with Gasteiger partial charge in [0.15, 0.2) is 11.5 Å². The molecule has 2 aliphatic rings. The van der Waals surface area contributed by atoms with Crippen molar-refractivity contribution in [2.24, 2.45) is 0 Å². The SMILES string of the molecule is CN(c1ccc2nccn2n1)C1CN(c2ccc(C3CC3)nn2)C1. The number of rotatable bonds is 4. The van der Waals surface area contributed by atoms with Crippen molar-refractivity contribution in [1.82, 2.24) is 24.8 Å². The number of fused-ring (bicyclic) bond motifs is 1.